The third-order valence-corrected chi connectivity index (χ3v) is 3.67. The number of halogens is 2. The number of benzene rings is 2. The van der Waals surface area contributed by atoms with Gasteiger partial charge in [0, 0.05) is 11.6 Å². The summed E-state index contributed by atoms with van der Waals surface area (Å²) in [4.78, 5) is 4.37. The zero-order valence-electron chi connectivity index (χ0n) is 12.6. The zero-order chi connectivity index (χ0) is 16.4. The van der Waals surface area contributed by atoms with E-state index in [-0.39, 0.29) is 5.02 Å². The Hall–Kier alpha value is -2.40. The van der Waals surface area contributed by atoms with Crippen molar-refractivity contribution in [3.05, 3.63) is 64.8 Å². The highest BCUT2D eigenvalue weighted by Gasteiger charge is 2.18. The number of hydrogen-bond donors (Lipinski definition) is 0. The zero-order valence-corrected chi connectivity index (χ0v) is 13.3. The van der Waals surface area contributed by atoms with Crippen LogP contribution < -0.4 is 4.74 Å². The Bertz CT molecular complexity index is 835. The van der Waals surface area contributed by atoms with Crippen molar-refractivity contribution in [1.82, 2.24) is 10.1 Å². The fraction of sp³-hybridized carbons (Fsp3) is 0.176. The highest BCUT2D eigenvalue weighted by molar-refractivity contribution is 6.30. The summed E-state index contributed by atoms with van der Waals surface area (Å²) >= 11 is 5.74. The van der Waals surface area contributed by atoms with E-state index in [0.717, 1.165) is 11.1 Å². The smallest absolute Gasteiger partial charge is 0.267 e. The Morgan fingerprint density at radius 1 is 1.22 bits per heavy atom. The fourth-order valence-electron chi connectivity index (χ4n) is 2.14. The van der Waals surface area contributed by atoms with Gasteiger partial charge in [-0.3, -0.25) is 0 Å². The second-order valence-corrected chi connectivity index (χ2v) is 5.51. The molecule has 1 aromatic heterocycles. The molecule has 0 aliphatic rings. The van der Waals surface area contributed by atoms with Crippen LogP contribution in [0.15, 0.2) is 47.0 Å². The minimum atomic E-state index is -0.494. The van der Waals surface area contributed by atoms with Crippen LogP contribution in [0.25, 0.3) is 11.4 Å². The maximum absolute atomic E-state index is 13.2. The molecule has 0 bridgehead atoms. The molecule has 0 radical (unpaired) electrons. The molecule has 4 nitrogen and oxygen atoms in total. The molecule has 0 aliphatic heterocycles. The molecule has 3 aromatic rings. The van der Waals surface area contributed by atoms with Crippen LogP contribution in [0, 0.1) is 12.7 Å². The van der Waals surface area contributed by atoms with Crippen LogP contribution in [-0.4, -0.2) is 10.1 Å². The Balaban J connectivity index is 1.80. The number of rotatable bonds is 4. The lowest BCUT2D eigenvalue weighted by Crippen LogP contribution is -2.03. The largest absolute Gasteiger partial charge is 0.481 e. The van der Waals surface area contributed by atoms with Gasteiger partial charge in [0.25, 0.3) is 5.89 Å². The number of ether oxygens (including phenoxy) is 1. The van der Waals surface area contributed by atoms with Crippen LogP contribution in [0.2, 0.25) is 5.02 Å². The highest BCUT2D eigenvalue weighted by Crippen LogP contribution is 2.27. The molecule has 0 fully saturated rings. The third kappa shape index (κ3) is 3.35. The van der Waals surface area contributed by atoms with E-state index in [0.29, 0.717) is 17.5 Å². The van der Waals surface area contributed by atoms with Crippen molar-refractivity contribution < 1.29 is 13.7 Å². The first-order valence-corrected chi connectivity index (χ1v) is 7.43. The summed E-state index contributed by atoms with van der Waals surface area (Å²) in [5, 5.41) is 3.99. The minimum absolute atomic E-state index is 0.000767. The Labute approximate surface area is 137 Å². The van der Waals surface area contributed by atoms with Crippen LogP contribution in [-0.2, 0) is 0 Å². The lowest BCUT2D eigenvalue weighted by Gasteiger charge is -2.10. The molecule has 1 atom stereocenters. The Kier molecular flexibility index (Phi) is 4.30. The lowest BCUT2D eigenvalue weighted by molar-refractivity contribution is 0.175. The summed E-state index contributed by atoms with van der Waals surface area (Å²) in [6.07, 6.45) is -0.484. The predicted octanol–water partition coefficient (Wildman–Crippen LogP) is 4.98. The Morgan fingerprint density at radius 3 is 2.74 bits per heavy atom. The van der Waals surface area contributed by atoms with Crippen molar-refractivity contribution >= 4 is 11.6 Å². The summed E-state index contributed by atoms with van der Waals surface area (Å²) in [6.45, 7) is 3.75. The minimum Gasteiger partial charge on any atom is -0.481 e. The van der Waals surface area contributed by atoms with E-state index in [9.17, 15) is 4.39 Å². The maximum Gasteiger partial charge on any atom is 0.267 e. The molecular weight excluding hydrogens is 319 g/mol. The van der Waals surface area contributed by atoms with Crippen LogP contribution in [0.5, 0.6) is 5.75 Å². The molecule has 3 rings (SSSR count). The van der Waals surface area contributed by atoms with Crippen LogP contribution in [0.4, 0.5) is 4.39 Å². The highest BCUT2D eigenvalue weighted by atomic mass is 35.5. The van der Waals surface area contributed by atoms with Crippen molar-refractivity contribution in [3.63, 3.8) is 0 Å². The topological polar surface area (TPSA) is 48.2 Å². The fourth-order valence-corrected chi connectivity index (χ4v) is 2.31. The summed E-state index contributed by atoms with van der Waals surface area (Å²) < 4.78 is 24.1. The molecule has 0 amide bonds. The van der Waals surface area contributed by atoms with Gasteiger partial charge in [-0.05, 0) is 31.5 Å². The van der Waals surface area contributed by atoms with E-state index in [1.807, 2.05) is 31.2 Å². The summed E-state index contributed by atoms with van der Waals surface area (Å²) in [7, 11) is 0. The van der Waals surface area contributed by atoms with E-state index in [1.54, 1.807) is 6.92 Å². The second-order valence-electron chi connectivity index (χ2n) is 5.11. The maximum atomic E-state index is 13.2. The van der Waals surface area contributed by atoms with E-state index in [1.165, 1.54) is 18.2 Å². The first kappa shape index (κ1) is 15.5. The molecule has 0 saturated carbocycles. The molecule has 6 heteroatoms. The van der Waals surface area contributed by atoms with Gasteiger partial charge < -0.3 is 9.26 Å². The average Bonchev–Trinajstić information content (AvgIpc) is 3.01. The van der Waals surface area contributed by atoms with Crippen LogP contribution in [0.1, 0.15) is 24.5 Å². The van der Waals surface area contributed by atoms with Crippen molar-refractivity contribution in [2.45, 2.75) is 20.0 Å². The first-order chi connectivity index (χ1) is 11.0. The SMILES string of the molecule is Cc1ccccc1-c1noc([C@H](C)Oc2ccc(F)c(Cl)c2)n1. The lowest BCUT2D eigenvalue weighted by atomic mass is 10.1. The Morgan fingerprint density at radius 2 is 2.00 bits per heavy atom. The molecule has 118 valence electrons. The van der Waals surface area contributed by atoms with E-state index in [2.05, 4.69) is 10.1 Å². The normalized spacial score (nSPS) is 12.2. The van der Waals surface area contributed by atoms with Gasteiger partial charge in [-0.1, -0.05) is 41.0 Å². The van der Waals surface area contributed by atoms with Gasteiger partial charge in [0.1, 0.15) is 11.6 Å². The molecule has 0 saturated heterocycles. The van der Waals surface area contributed by atoms with E-state index < -0.39 is 11.9 Å². The van der Waals surface area contributed by atoms with E-state index >= 15 is 0 Å². The molecule has 2 aromatic carbocycles. The quantitative estimate of drug-likeness (QED) is 0.676. The summed E-state index contributed by atoms with van der Waals surface area (Å²) in [6, 6.07) is 11.9. The standard InChI is InChI=1S/C17H14ClFN2O2/c1-10-5-3-4-6-13(10)16-20-17(23-21-16)11(2)22-12-7-8-15(19)14(18)9-12/h3-9,11H,1-2H3/t11-/m0/s1. The molecule has 0 unspecified atom stereocenters. The third-order valence-electron chi connectivity index (χ3n) is 3.38. The molecule has 1 heterocycles. The van der Waals surface area contributed by atoms with Gasteiger partial charge in [-0.25, -0.2) is 4.39 Å². The molecule has 0 aliphatic carbocycles. The van der Waals surface area contributed by atoms with Crippen molar-refractivity contribution in [2.75, 3.05) is 0 Å². The van der Waals surface area contributed by atoms with Gasteiger partial charge in [0.2, 0.25) is 5.82 Å². The van der Waals surface area contributed by atoms with Crippen molar-refractivity contribution in [2.24, 2.45) is 0 Å². The van der Waals surface area contributed by atoms with E-state index in [4.69, 9.17) is 20.9 Å². The number of hydrogen-bond acceptors (Lipinski definition) is 4. The molecule has 0 spiro atoms. The van der Waals surface area contributed by atoms with Gasteiger partial charge in [-0.15, -0.1) is 0 Å². The number of nitrogens with zero attached hydrogens (tertiary/aromatic N) is 2. The average molecular weight is 333 g/mol. The van der Waals surface area contributed by atoms with Gasteiger partial charge in [-0.2, -0.15) is 4.98 Å². The van der Waals surface area contributed by atoms with Crippen molar-refractivity contribution in [3.8, 4) is 17.1 Å². The van der Waals surface area contributed by atoms with Gasteiger partial charge in [0.05, 0.1) is 5.02 Å². The van der Waals surface area contributed by atoms with Gasteiger partial charge >= 0.3 is 0 Å². The monoisotopic (exact) mass is 332 g/mol. The predicted molar refractivity (Wildman–Crippen MR) is 84.9 cm³/mol. The number of aromatic nitrogens is 2. The molecular formula is C17H14ClFN2O2. The summed E-state index contributed by atoms with van der Waals surface area (Å²) in [5.41, 5.74) is 1.96. The second kappa shape index (κ2) is 6.38. The molecule has 0 N–H and O–H groups in total. The van der Waals surface area contributed by atoms with Crippen LogP contribution >= 0.6 is 11.6 Å². The first-order valence-electron chi connectivity index (χ1n) is 7.06. The van der Waals surface area contributed by atoms with Crippen LogP contribution in [0.3, 0.4) is 0 Å². The van der Waals surface area contributed by atoms with Crippen molar-refractivity contribution in [1.29, 1.82) is 0 Å². The number of aryl methyl sites for hydroxylation is 1. The summed E-state index contributed by atoms with van der Waals surface area (Å²) in [5.74, 6) is 0.778. The van der Waals surface area contributed by atoms with Gasteiger partial charge in [0.15, 0.2) is 6.10 Å². The molecule has 23 heavy (non-hydrogen) atoms.